The van der Waals surface area contributed by atoms with Gasteiger partial charge in [0, 0.05) is 26.2 Å². The van der Waals surface area contributed by atoms with Crippen LogP contribution in [0.2, 0.25) is 0 Å². The lowest BCUT2D eigenvalue weighted by Gasteiger charge is -2.24. The van der Waals surface area contributed by atoms with Gasteiger partial charge in [0.05, 0.1) is 0 Å². The summed E-state index contributed by atoms with van der Waals surface area (Å²) in [7, 11) is -2.74. The smallest absolute Gasteiger partial charge is 0.364 e. The molecule has 0 amide bonds. The van der Waals surface area contributed by atoms with Crippen LogP contribution < -0.4 is 0 Å². The molecule has 3 nitrogen and oxygen atoms in total. The van der Waals surface area contributed by atoms with E-state index >= 15 is 0 Å². The average molecular weight is 258 g/mol. The van der Waals surface area contributed by atoms with Gasteiger partial charge >= 0.3 is 8.80 Å². The second-order valence-electron chi connectivity index (χ2n) is 3.76. The molecule has 0 aliphatic rings. The summed E-state index contributed by atoms with van der Waals surface area (Å²) in [6.45, 7) is 10.2. The van der Waals surface area contributed by atoms with Gasteiger partial charge in [-0.3, -0.25) is 0 Å². The summed E-state index contributed by atoms with van der Waals surface area (Å²) in [5.74, 6) is 3.05. The number of rotatable bonds is 9. The standard InChI is InChI=1S/C13H26O3Si/c1-5-9-13-17(14-10-6-2,15-11-7-3)16-12-8-4/h5-8,10-12H2,1-4H3. The van der Waals surface area contributed by atoms with Crippen LogP contribution in [0.25, 0.3) is 0 Å². The predicted molar refractivity (Wildman–Crippen MR) is 72.6 cm³/mol. The zero-order valence-electron chi connectivity index (χ0n) is 11.7. The molecule has 0 aromatic rings. The first kappa shape index (κ1) is 16.7. The fraction of sp³-hybridized carbons (Fsp3) is 0.846. The van der Waals surface area contributed by atoms with Crippen molar-refractivity contribution in [2.75, 3.05) is 19.8 Å². The van der Waals surface area contributed by atoms with Crippen molar-refractivity contribution >= 4 is 8.80 Å². The molecule has 0 saturated heterocycles. The van der Waals surface area contributed by atoms with Crippen molar-refractivity contribution in [3.63, 3.8) is 0 Å². The van der Waals surface area contributed by atoms with Gasteiger partial charge in [-0.05, 0) is 24.8 Å². The summed E-state index contributed by atoms with van der Waals surface area (Å²) < 4.78 is 17.4. The molecule has 0 aliphatic carbocycles. The fourth-order valence-electron chi connectivity index (χ4n) is 1.14. The van der Waals surface area contributed by atoms with Gasteiger partial charge in [0.2, 0.25) is 0 Å². The zero-order valence-corrected chi connectivity index (χ0v) is 12.7. The summed E-state index contributed by atoms with van der Waals surface area (Å²) in [6, 6.07) is 0. The molecule has 0 saturated carbocycles. The SMILES string of the molecule is CCC#C[Si](OCCC)(OCCC)OCCC. The quantitative estimate of drug-likeness (QED) is 0.470. The second-order valence-corrected chi connectivity index (χ2v) is 5.99. The Labute approximate surface area is 107 Å². The van der Waals surface area contributed by atoms with E-state index in [2.05, 4.69) is 32.2 Å². The van der Waals surface area contributed by atoms with E-state index in [0.717, 1.165) is 25.7 Å². The molecule has 0 atom stereocenters. The average Bonchev–Trinajstić information content (AvgIpc) is 2.37. The van der Waals surface area contributed by atoms with Gasteiger partial charge in [-0.1, -0.05) is 27.7 Å². The van der Waals surface area contributed by atoms with E-state index in [1.54, 1.807) is 0 Å². The molecular formula is C13H26O3Si. The Balaban J connectivity index is 4.63. The maximum absolute atomic E-state index is 5.81. The van der Waals surface area contributed by atoms with Crippen molar-refractivity contribution in [1.29, 1.82) is 0 Å². The van der Waals surface area contributed by atoms with Gasteiger partial charge in [-0.15, -0.1) is 5.92 Å². The van der Waals surface area contributed by atoms with Crippen LogP contribution in [-0.2, 0) is 13.3 Å². The lowest BCUT2D eigenvalue weighted by Crippen LogP contribution is -2.45. The normalized spacial score (nSPS) is 11.1. The zero-order chi connectivity index (χ0) is 13.0. The van der Waals surface area contributed by atoms with Gasteiger partial charge in [0.1, 0.15) is 0 Å². The lowest BCUT2D eigenvalue weighted by atomic mass is 10.5. The van der Waals surface area contributed by atoms with Crippen LogP contribution in [0.15, 0.2) is 0 Å². The van der Waals surface area contributed by atoms with Crippen LogP contribution in [0.1, 0.15) is 53.4 Å². The molecule has 4 heteroatoms. The molecule has 0 aromatic carbocycles. The molecule has 0 spiro atoms. The van der Waals surface area contributed by atoms with Gasteiger partial charge < -0.3 is 13.3 Å². The van der Waals surface area contributed by atoms with Gasteiger partial charge in [-0.2, -0.15) is 0 Å². The van der Waals surface area contributed by atoms with Crippen LogP contribution >= 0.6 is 0 Å². The Morgan fingerprint density at radius 2 is 1.18 bits per heavy atom. The van der Waals surface area contributed by atoms with Crippen LogP contribution in [-0.4, -0.2) is 28.6 Å². The molecule has 0 rings (SSSR count). The van der Waals surface area contributed by atoms with Crippen LogP contribution in [0, 0.1) is 11.5 Å². The van der Waals surface area contributed by atoms with E-state index in [0.29, 0.717) is 19.8 Å². The van der Waals surface area contributed by atoms with E-state index in [4.69, 9.17) is 13.3 Å². The molecular weight excluding hydrogens is 232 g/mol. The highest BCUT2D eigenvalue weighted by atomic mass is 28.4. The van der Waals surface area contributed by atoms with Crippen molar-refractivity contribution in [2.45, 2.75) is 53.4 Å². The first-order valence-electron chi connectivity index (χ1n) is 6.66. The van der Waals surface area contributed by atoms with Crippen molar-refractivity contribution in [3.8, 4) is 11.5 Å². The molecule has 100 valence electrons. The van der Waals surface area contributed by atoms with E-state index < -0.39 is 8.80 Å². The van der Waals surface area contributed by atoms with Crippen molar-refractivity contribution in [2.24, 2.45) is 0 Å². The number of hydrogen-bond donors (Lipinski definition) is 0. The Morgan fingerprint density at radius 1 is 0.765 bits per heavy atom. The van der Waals surface area contributed by atoms with Crippen LogP contribution in [0.4, 0.5) is 0 Å². The van der Waals surface area contributed by atoms with Crippen LogP contribution in [0.3, 0.4) is 0 Å². The van der Waals surface area contributed by atoms with Crippen LogP contribution in [0.5, 0.6) is 0 Å². The molecule has 0 bridgehead atoms. The molecule has 17 heavy (non-hydrogen) atoms. The maximum atomic E-state index is 5.81. The first-order chi connectivity index (χ1) is 8.24. The van der Waals surface area contributed by atoms with Gasteiger partial charge in [0.25, 0.3) is 0 Å². The Hall–Kier alpha value is -0.343. The topological polar surface area (TPSA) is 27.7 Å². The summed E-state index contributed by atoms with van der Waals surface area (Å²) >= 11 is 0. The molecule has 0 N–H and O–H groups in total. The summed E-state index contributed by atoms with van der Waals surface area (Å²) in [5, 5.41) is 0. The molecule has 0 aromatic heterocycles. The van der Waals surface area contributed by atoms with Crippen molar-refractivity contribution in [1.82, 2.24) is 0 Å². The largest absolute Gasteiger partial charge is 0.591 e. The molecule has 0 radical (unpaired) electrons. The maximum Gasteiger partial charge on any atom is 0.591 e. The first-order valence-corrected chi connectivity index (χ1v) is 8.39. The Kier molecular flexibility index (Phi) is 10.6. The fourth-order valence-corrected chi connectivity index (χ4v) is 3.42. The third kappa shape index (κ3) is 7.56. The highest BCUT2D eigenvalue weighted by Gasteiger charge is 2.39. The van der Waals surface area contributed by atoms with E-state index in [1.165, 1.54) is 0 Å². The van der Waals surface area contributed by atoms with E-state index in [9.17, 15) is 0 Å². The molecule has 0 fully saturated rings. The Bertz CT molecular complexity index is 211. The summed E-state index contributed by atoms with van der Waals surface area (Å²) in [4.78, 5) is 0. The third-order valence-corrected chi connectivity index (χ3v) is 4.14. The van der Waals surface area contributed by atoms with Gasteiger partial charge in [0.15, 0.2) is 0 Å². The molecule has 0 heterocycles. The minimum absolute atomic E-state index is 0.651. The van der Waals surface area contributed by atoms with E-state index in [1.807, 2.05) is 6.92 Å². The highest BCUT2D eigenvalue weighted by Crippen LogP contribution is 2.11. The highest BCUT2D eigenvalue weighted by molar-refractivity contribution is 6.69. The summed E-state index contributed by atoms with van der Waals surface area (Å²) in [6.07, 6.45) is 3.66. The minimum Gasteiger partial charge on any atom is -0.364 e. The lowest BCUT2D eigenvalue weighted by molar-refractivity contribution is 0.0742. The number of hydrogen-bond acceptors (Lipinski definition) is 3. The minimum atomic E-state index is -2.74. The summed E-state index contributed by atoms with van der Waals surface area (Å²) in [5.41, 5.74) is 3.11. The molecule has 0 unspecified atom stereocenters. The van der Waals surface area contributed by atoms with Crippen molar-refractivity contribution in [3.05, 3.63) is 0 Å². The predicted octanol–water partition coefficient (Wildman–Crippen LogP) is 3.16. The third-order valence-electron chi connectivity index (χ3n) is 1.91. The van der Waals surface area contributed by atoms with Gasteiger partial charge in [-0.25, -0.2) is 0 Å². The second kappa shape index (κ2) is 10.8. The van der Waals surface area contributed by atoms with Crippen molar-refractivity contribution < 1.29 is 13.3 Å². The molecule has 0 aliphatic heterocycles. The van der Waals surface area contributed by atoms with E-state index in [-0.39, 0.29) is 0 Å². The Morgan fingerprint density at radius 3 is 1.47 bits per heavy atom. The monoisotopic (exact) mass is 258 g/mol.